The van der Waals surface area contributed by atoms with E-state index < -0.39 is 4.92 Å². The molecule has 2 atom stereocenters. The fourth-order valence-corrected chi connectivity index (χ4v) is 2.57. The summed E-state index contributed by atoms with van der Waals surface area (Å²) in [4.78, 5) is 14.4. The van der Waals surface area contributed by atoms with Crippen LogP contribution in [0.25, 0.3) is 0 Å². The molecule has 0 aliphatic heterocycles. The Morgan fingerprint density at radius 2 is 2.26 bits per heavy atom. The smallest absolute Gasteiger partial charge is 0.276 e. The Hall–Kier alpha value is -1.40. The number of aromatic nitrogens is 1. The molecule has 0 saturated heterocycles. The van der Waals surface area contributed by atoms with E-state index in [2.05, 4.69) is 24.1 Å². The predicted octanol–water partition coefficient (Wildman–Crippen LogP) is 2.87. The molecule has 1 N–H and O–H groups in total. The van der Waals surface area contributed by atoms with E-state index in [-0.39, 0.29) is 28.4 Å². The number of hydrogen-bond acceptors (Lipinski definition) is 5. The zero-order valence-corrected chi connectivity index (χ0v) is 11.8. The van der Waals surface area contributed by atoms with Gasteiger partial charge in [0, 0.05) is 18.6 Å². The molecule has 1 aliphatic rings. The third-order valence-corrected chi connectivity index (χ3v) is 3.97. The molecule has 0 spiro atoms. The number of anilines is 1. The summed E-state index contributed by atoms with van der Waals surface area (Å²) in [5, 5.41) is 14.1. The summed E-state index contributed by atoms with van der Waals surface area (Å²) in [7, 11) is 1.69. The average molecular weight is 286 g/mol. The second-order valence-electron chi connectivity index (χ2n) is 5.27. The van der Waals surface area contributed by atoms with Crippen molar-refractivity contribution >= 4 is 23.1 Å². The van der Waals surface area contributed by atoms with Gasteiger partial charge in [-0.15, -0.1) is 0 Å². The monoisotopic (exact) mass is 285 g/mol. The van der Waals surface area contributed by atoms with E-state index in [0.717, 1.165) is 6.42 Å². The van der Waals surface area contributed by atoms with Crippen molar-refractivity contribution in [1.29, 1.82) is 0 Å². The lowest BCUT2D eigenvalue weighted by Gasteiger charge is -2.51. The highest BCUT2D eigenvalue weighted by atomic mass is 35.5. The molecule has 2 unspecified atom stereocenters. The standard InChI is InChI=1S/C12H16ClN3O3/c1-12(2)8(6-9(12)19-3)14-11-5-7(16(17)18)4-10(13)15-11/h4-5,8-9H,6H2,1-3H3,(H,14,15). The molecule has 1 aliphatic carbocycles. The summed E-state index contributed by atoms with van der Waals surface area (Å²) in [6.07, 6.45) is 1.02. The number of methoxy groups -OCH3 is 1. The Kier molecular flexibility index (Phi) is 3.64. The van der Waals surface area contributed by atoms with Crippen LogP contribution in [0.1, 0.15) is 20.3 Å². The van der Waals surface area contributed by atoms with Crippen LogP contribution in [0.5, 0.6) is 0 Å². The van der Waals surface area contributed by atoms with Crippen LogP contribution in [-0.2, 0) is 4.74 Å². The number of nitrogens with one attached hydrogen (secondary N) is 1. The maximum atomic E-state index is 10.8. The molecule has 1 fully saturated rings. The van der Waals surface area contributed by atoms with Crippen molar-refractivity contribution in [2.75, 3.05) is 12.4 Å². The summed E-state index contributed by atoms with van der Waals surface area (Å²) in [6, 6.07) is 2.78. The molecule has 0 radical (unpaired) electrons. The fourth-order valence-electron chi connectivity index (χ4n) is 2.37. The van der Waals surface area contributed by atoms with E-state index in [1.807, 2.05) is 0 Å². The van der Waals surface area contributed by atoms with E-state index in [1.165, 1.54) is 12.1 Å². The molecule has 1 aromatic heterocycles. The summed E-state index contributed by atoms with van der Waals surface area (Å²) < 4.78 is 5.36. The summed E-state index contributed by atoms with van der Waals surface area (Å²) >= 11 is 5.79. The maximum Gasteiger partial charge on any atom is 0.276 e. The molecule has 7 heteroatoms. The second-order valence-corrected chi connectivity index (χ2v) is 5.66. The van der Waals surface area contributed by atoms with Gasteiger partial charge in [-0.2, -0.15) is 0 Å². The molecule has 0 amide bonds. The number of nitro groups is 1. The third kappa shape index (κ3) is 2.64. The van der Waals surface area contributed by atoms with Crippen LogP contribution in [0.2, 0.25) is 5.15 Å². The molecule has 2 rings (SSSR count). The first-order valence-electron chi connectivity index (χ1n) is 5.96. The van der Waals surface area contributed by atoms with Crippen molar-refractivity contribution < 1.29 is 9.66 Å². The summed E-state index contributed by atoms with van der Waals surface area (Å²) in [5.74, 6) is 0.423. The van der Waals surface area contributed by atoms with Crippen LogP contribution >= 0.6 is 11.6 Å². The highest BCUT2D eigenvalue weighted by Gasteiger charge is 2.48. The Morgan fingerprint density at radius 1 is 1.58 bits per heavy atom. The van der Waals surface area contributed by atoms with Crippen molar-refractivity contribution in [1.82, 2.24) is 4.98 Å². The molecule has 1 saturated carbocycles. The summed E-state index contributed by atoms with van der Waals surface area (Å²) in [5.41, 5.74) is -0.115. The van der Waals surface area contributed by atoms with E-state index in [4.69, 9.17) is 16.3 Å². The van der Waals surface area contributed by atoms with Crippen molar-refractivity contribution in [2.45, 2.75) is 32.4 Å². The van der Waals surface area contributed by atoms with Crippen molar-refractivity contribution in [3.8, 4) is 0 Å². The zero-order valence-electron chi connectivity index (χ0n) is 11.0. The lowest BCUT2D eigenvalue weighted by molar-refractivity contribution is -0.384. The molecule has 0 aromatic carbocycles. The Morgan fingerprint density at radius 3 is 2.79 bits per heavy atom. The minimum absolute atomic E-state index is 0.0481. The first-order chi connectivity index (χ1) is 8.84. The molecular weight excluding hydrogens is 270 g/mol. The van der Waals surface area contributed by atoms with Gasteiger partial charge in [-0.1, -0.05) is 25.4 Å². The zero-order chi connectivity index (χ0) is 14.2. The number of nitrogens with zero attached hydrogens (tertiary/aromatic N) is 2. The lowest BCUT2D eigenvalue weighted by Crippen LogP contribution is -2.57. The number of rotatable bonds is 4. The van der Waals surface area contributed by atoms with Crippen LogP contribution in [-0.4, -0.2) is 29.2 Å². The number of halogens is 1. The first kappa shape index (κ1) is 14.0. The van der Waals surface area contributed by atoms with Gasteiger partial charge in [0.1, 0.15) is 11.0 Å². The Labute approximate surface area is 116 Å². The minimum Gasteiger partial charge on any atom is -0.381 e. The fraction of sp³-hybridized carbons (Fsp3) is 0.583. The highest BCUT2D eigenvalue weighted by molar-refractivity contribution is 6.29. The highest BCUT2D eigenvalue weighted by Crippen LogP contribution is 2.44. The van der Waals surface area contributed by atoms with E-state index >= 15 is 0 Å². The van der Waals surface area contributed by atoms with Crippen LogP contribution < -0.4 is 5.32 Å². The molecule has 104 valence electrons. The SMILES string of the molecule is COC1CC(Nc2cc([N+](=O)[O-])cc(Cl)n2)C1(C)C. The van der Waals surface area contributed by atoms with Crippen LogP contribution in [0.15, 0.2) is 12.1 Å². The first-order valence-corrected chi connectivity index (χ1v) is 6.33. The molecule has 1 aromatic rings. The largest absolute Gasteiger partial charge is 0.381 e. The van der Waals surface area contributed by atoms with Gasteiger partial charge in [-0.05, 0) is 6.42 Å². The molecular formula is C12H16ClN3O3. The van der Waals surface area contributed by atoms with Crippen LogP contribution in [0.4, 0.5) is 11.5 Å². The van der Waals surface area contributed by atoms with E-state index in [0.29, 0.717) is 5.82 Å². The third-order valence-electron chi connectivity index (χ3n) is 3.77. The molecule has 1 heterocycles. The quantitative estimate of drug-likeness (QED) is 0.523. The van der Waals surface area contributed by atoms with E-state index in [9.17, 15) is 10.1 Å². The van der Waals surface area contributed by atoms with Gasteiger partial charge in [0.25, 0.3) is 5.69 Å². The van der Waals surface area contributed by atoms with Gasteiger partial charge in [-0.25, -0.2) is 4.98 Å². The van der Waals surface area contributed by atoms with Gasteiger partial charge < -0.3 is 10.1 Å². The second kappa shape index (κ2) is 4.94. The van der Waals surface area contributed by atoms with Crippen molar-refractivity contribution in [2.24, 2.45) is 5.41 Å². The summed E-state index contributed by atoms with van der Waals surface area (Å²) in [6.45, 7) is 4.17. The van der Waals surface area contributed by atoms with Crippen LogP contribution in [0.3, 0.4) is 0 Å². The van der Waals surface area contributed by atoms with E-state index in [1.54, 1.807) is 7.11 Å². The Balaban J connectivity index is 2.15. The maximum absolute atomic E-state index is 10.8. The van der Waals surface area contributed by atoms with Gasteiger partial charge in [0.2, 0.25) is 0 Å². The molecule has 0 bridgehead atoms. The minimum atomic E-state index is -0.484. The normalized spacial score (nSPS) is 24.6. The van der Waals surface area contributed by atoms with Gasteiger partial charge in [0.15, 0.2) is 0 Å². The average Bonchev–Trinajstić information content (AvgIpc) is 2.33. The van der Waals surface area contributed by atoms with Gasteiger partial charge in [-0.3, -0.25) is 10.1 Å². The number of hydrogen-bond donors (Lipinski definition) is 1. The number of pyridine rings is 1. The molecule has 19 heavy (non-hydrogen) atoms. The van der Waals surface area contributed by atoms with Crippen LogP contribution in [0, 0.1) is 15.5 Å². The van der Waals surface area contributed by atoms with Gasteiger partial charge in [0.05, 0.1) is 23.2 Å². The Bertz CT molecular complexity index is 507. The molecule has 6 nitrogen and oxygen atoms in total. The van der Waals surface area contributed by atoms with Crippen molar-refractivity contribution in [3.63, 3.8) is 0 Å². The number of ether oxygens (including phenoxy) is 1. The topological polar surface area (TPSA) is 77.3 Å². The van der Waals surface area contributed by atoms with Crippen molar-refractivity contribution in [3.05, 3.63) is 27.4 Å². The van der Waals surface area contributed by atoms with Gasteiger partial charge >= 0.3 is 0 Å². The predicted molar refractivity (Wildman–Crippen MR) is 72.5 cm³/mol. The lowest BCUT2D eigenvalue weighted by atomic mass is 9.64.